The second kappa shape index (κ2) is 6.08. The first kappa shape index (κ1) is 16.5. The van der Waals surface area contributed by atoms with Crippen molar-refractivity contribution in [2.45, 2.75) is 4.90 Å². The largest absolute Gasteiger partial charge is 0.478 e. The molecule has 0 fully saturated rings. The zero-order chi connectivity index (χ0) is 16.5. The minimum atomic E-state index is -3.50. The molecule has 0 atom stereocenters. The third kappa shape index (κ3) is 3.14. The molecule has 0 heterocycles. The van der Waals surface area contributed by atoms with Gasteiger partial charge in [0.05, 0.1) is 10.5 Å². The van der Waals surface area contributed by atoms with Gasteiger partial charge in [-0.3, -0.25) is 0 Å². The Labute approximate surface area is 133 Å². The second-order valence-electron chi connectivity index (χ2n) is 4.81. The maximum Gasteiger partial charge on any atom is 0.335 e. The molecule has 2 rings (SSSR count). The lowest BCUT2D eigenvalue weighted by molar-refractivity contribution is 0.0697. The van der Waals surface area contributed by atoms with E-state index in [2.05, 4.69) is 0 Å². The fraction of sp³-hybridized carbons (Fsp3) is 0.133. The summed E-state index contributed by atoms with van der Waals surface area (Å²) < 4.78 is 25.1. The Balaban J connectivity index is 2.48. The first-order valence-corrected chi connectivity index (χ1v) is 8.11. The smallest absolute Gasteiger partial charge is 0.335 e. The molecule has 116 valence electrons. The van der Waals surface area contributed by atoms with Crippen LogP contribution in [-0.2, 0) is 10.0 Å². The summed E-state index contributed by atoms with van der Waals surface area (Å²) in [5, 5.41) is 9.43. The molecule has 0 aliphatic heterocycles. The van der Waals surface area contributed by atoms with E-state index in [0.717, 1.165) is 4.31 Å². The number of carboxylic acids is 1. The van der Waals surface area contributed by atoms with Crippen molar-refractivity contribution in [2.24, 2.45) is 0 Å². The summed E-state index contributed by atoms with van der Waals surface area (Å²) in [6.07, 6.45) is 0. The lowest BCUT2D eigenvalue weighted by Crippen LogP contribution is -2.22. The first-order valence-electron chi connectivity index (χ1n) is 6.29. The van der Waals surface area contributed by atoms with E-state index in [1.54, 1.807) is 12.1 Å². The van der Waals surface area contributed by atoms with Gasteiger partial charge in [-0.05, 0) is 35.9 Å². The van der Waals surface area contributed by atoms with Gasteiger partial charge in [-0.15, -0.1) is 0 Å². The van der Waals surface area contributed by atoms with Crippen LogP contribution >= 0.6 is 11.6 Å². The molecular formula is C15H14ClNO4S. The highest BCUT2D eigenvalue weighted by molar-refractivity contribution is 7.89. The molecule has 0 unspecified atom stereocenters. The number of carboxylic acid groups (broad SMARTS) is 1. The number of halogens is 1. The van der Waals surface area contributed by atoms with Gasteiger partial charge in [-0.1, -0.05) is 23.7 Å². The van der Waals surface area contributed by atoms with E-state index in [1.807, 2.05) is 0 Å². The summed E-state index contributed by atoms with van der Waals surface area (Å²) in [6, 6.07) is 10.5. The van der Waals surface area contributed by atoms with E-state index in [0.29, 0.717) is 16.1 Å². The zero-order valence-corrected chi connectivity index (χ0v) is 13.5. The first-order chi connectivity index (χ1) is 10.2. The molecule has 2 aromatic rings. The van der Waals surface area contributed by atoms with Crippen LogP contribution in [0.4, 0.5) is 0 Å². The summed E-state index contributed by atoms with van der Waals surface area (Å²) in [6.45, 7) is 0. The van der Waals surface area contributed by atoms with Crippen LogP contribution in [-0.4, -0.2) is 37.9 Å². The molecular weight excluding hydrogens is 326 g/mol. The molecule has 7 heteroatoms. The van der Waals surface area contributed by atoms with Gasteiger partial charge in [0.2, 0.25) is 10.0 Å². The Bertz CT molecular complexity index is 814. The number of carbonyl (C=O) groups is 1. The van der Waals surface area contributed by atoms with Crippen molar-refractivity contribution in [2.75, 3.05) is 14.1 Å². The highest BCUT2D eigenvalue weighted by Gasteiger charge is 2.17. The van der Waals surface area contributed by atoms with Crippen molar-refractivity contribution in [1.29, 1.82) is 0 Å². The SMILES string of the molecule is CN(C)S(=O)(=O)c1ccc(-c2cc(C(=O)O)ccc2Cl)cc1. The highest BCUT2D eigenvalue weighted by Crippen LogP contribution is 2.30. The van der Waals surface area contributed by atoms with Crippen LogP contribution in [0.15, 0.2) is 47.4 Å². The molecule has 2 aromatic carbocycles. The molecule has 1 N–H and O–H groups in total. The van der Waals surface area contributed by atoms with Crippen LogP contribution in [0.1, 0.15) is 10.4 Å². The maximum atomic E-state index is 12.0. The molecule has 22 heavy (non-hydrogen) atoms. The van der Waals surface area contributed by atoms with Gasteiger partial charge < -0.3 is 5.11 Å². The number of hydrogen-bond donors (Lipinski definition) is 1. The van der Waals surface area contributed by atoms with Crippen LogP contribution in [0, 0.1) is 0 Å². The Hall–Kier alpha value is -1.89. The molecule has 0 radical (unpaired) electrons. The second-order valence-corrected chi connectivity index (χ2v) is 7.37. The van der Waals surface area contributed by atoms with Crippen molar-refractivity contribution < 1.29 is 18.3 Å². The molecule has 0 spiro atoms. The van der Waals surface area contributed by atoms with Gasteiger partial charge in [0.1, 0.15) is 0 Å². The monoisotopic (exact) mass is 339 g/mol. The topological polar surface area (TPSA) is 74.7 Å². The molecule has 0 amide bonds. The molecule has 0 saturated carbocycles. The molecule has 0 aliphatic carbocycles. The van der Waals surface area contributed by atoms with Crippen LogP contribution in [0.5, 0.6) is 0 Å². The van der Waals surface area contributed by atoms with E-state index in [4.69, 9.17) is 16.7 Å². The quantitative estimate of drug-likeness (QED) is 0.929. The van der Waals surface area contributed by atoms with Gasteiger partial charge in [0.25, 0.3) is 0 Å². The zero-order valence-electron chi connectivity index (χ0n) is 11.9. The Kier molecular flexibility index (Phi) is 4.55. The Morgan fingerprint density at radius 2 is 1.68 bits per heavy atom. The fourth-order valence-corrected chi connectivity index (χ4v) is 3.03. The van der Waals surface area contributed by atoms with Crippen molar-refractivity contribution in [3.8, 4) is 11.1 Å². The van der Waals surface area contributed by atoms with E-state index in [-0.39, 0.29) is 10.5 Å². The average Bonchev–Trinajstić information content (AvgIpc) is 2.47. The predicted octanol–water partition coefficient (Wildman–Crippen LogP) is 2.96. The molecule has 0 aliphatic rings. The summed E-state index contributed by atoms with van der Waals surface area (Å²) in [7, 11) is -0.592. The normalized spacial score (nSPS) is 11.6. The van der Waals surface area contributed by atoms with E-state index < -0.39 is 16.0 Å². The third-order valence-electron chi connectivity index (χ3n) is 3.16. The lowest BCUT2D eigenvalue weighted by Gasteiger charge is -2.12. The summed E-state index contributed by atoms with van der Waals surface area (Å²) in [5.41, 5.74) is 1.30. The van der Waals surface area contributed by atoms with Crippen LogP contribution < -0.4 is 0 Å². The number of hydrogen-bond acceptors (Lipinski definition) is 3. The van der Waals surface area contributed by atoms with E-state index in [1.165, 1.54) is 44.4 Å². The molecule has 0 aromatic heterocycles. The molecule has 5 nitrogen and oxygen atoms in total. The summed E-state index contributed by atoms with van der Waals surface area (Å²) >= 11 is 6.10. The van der Waals surface area contributed by atoms with Gasteiger partial charge in [-0.2, -0.15) is 0 Å². The highest BCUT2D eigenvalue weighted by atomic mass is 35.5. The fourth-order valence-electron chi connectivity index (χ4n) is 1.90. The predicted molar refractivity (Wildman–Crippen MR) is 84.7 cm³/mol. The van der Waals surface area contributed by atoms with E-state index >= 15 is 0 Å². The minimum absolute atomic E-state index is 0.115. The Morgan fingerprint density at radius 3 is 2.18 bits per heavy atom. The standard InChI is InChI=1S/C15H14ClNO4S/c1-17(2)22(20,21)12-6-3-10(4-7-12)13-9-11(15(18)19)5-8-14(13)16/h3-9H,1-2H3,(H,18,19). The van der Waals surface area contributed by atoms with Gasteiger partial charge in [0, 0.05) is 24.7 Å². The number of sulfonamides is 1. The minimum Gasteiger partial charge on any atom is -0.478 e. The average molecular weight is 340 g/mol. The van der Waals surface area contributed by atoms with Crippen molar-refractivity contribution >= 4 is 27.6 Å². The Morgan fingerprint density at radius 1 is 1.09 bits per heavy atom. The van der Waals surface area contributed by atoms with Crippen LogP contribution in [0.25, 0.3) is 11.1 Å². The third-order valence-corrected chi connectivity index (χ3v) is 5.32. The van der Waals surface area contributed by atoms with Gasteiger partial charge >= 0.3 is 5.97 Å². The molecule has 0 bridgehead atoms. The number of rotatable bonds is 4. The summed E-state index contributed by atoms with van der Waals surface area (Å²) in [4.78, 5) is 11.2. The number of nitrogens with zero attached hydrogens (tertiary/aromatic N) is 1. The van der Waals surface area contributed by atoms with Crippen LogP contribution in [0.3, 0.4) is 0 Å². The van der Waals surface area contributed by atoms with Gasteiger partial charge in [0.15, 0.2) is 0 Å². The van der Waals surface area contributed by atoms with E-state index in [9.17, 15) is 13.2 Å². The van der Waals surface area contributed by atoms with Crippen LogP contribution in [0.2, 0.25) is 5.02 Å². The van der Waals surface area contributed by atoms with Crippen molar-refractivity contribution in [3.05, 3.63) is 53.1 Å². The lowest BCUT2D eigenvalue weighted by atomic mass is 10.0. The number of benzene rings is 2. The number of aromatic carboxylic acids is 1. The maximum absolute atomic E-state index is 12.0. The molecule has 0 saturated heterocycles. The van der Waals surface area contributed by atoms with Gasteiger partial charge in [-0.25, -0.2) is 17.5 Å². The van der Waals surface area contributed by atoms with Crippen molar-refractivity contribution in [3.63, 3.8) is 0 Å². The summed E-state index contributed by atoms with van der Waals surface area (Å²) in [5.74, 6) is -1.05. The van der Waals surface area contributed by atoms with Crippen molar-refractivity contribution in [1.82, 2.24) is 4.31 Å².